The number of nitrogens with zero attached hydrogens (tertiary/aromatic N) is 1. The fourth-order valence-electron chi connectivity index (χ4n) is 3.80. The number of halogens is 2. The summed E-state index contributed by atoms with van der Waals surface area (Å²) in [4.78, 5) is 20.2. The van der Waals surface area contributed by atoms with Gasteiger partial charge in [0.25, 0.3) is 5.91 Å². The maximum absolute atomic E-state index is 14.0. The molecule has 1 fully saturated rings. The molecular formula is C22H20ClFN4O4. The van der Waals surface area contributed by atoms with Gasteiger partial charge in [-0.3, -0.25) is 9.78 Å². The Morgan fingerprint density at radius 2 is 2.25 bits per heavy atom. The Balaban J connectivity index is 1.60. The van der Waals surface area contributed by atoms with E-state index < -0.39 is 5.82 Å². The highest BCUT2D eigenvalue weighted by atomic mass is 35.5. The van der Waals surface area contributed by atoms with E-state index in [2.05, 4.69) is 20.6 Å². The highest BCUT2D eigenvalue weighted by Crippen LogP contribution is 2.43. The molecule has 0 spiro atoms. The van der Waals surface area contributed by atoms with Crippen molar-refractivity contribution in [1.29, 1.82) is 0 Å². The predicted octanol–water partition coefficient (Wildman–Crippen LogP) is 3.77. The van der Waals surface area contributed by atoms with Crippen molar-refractivity contribution in [3.05, 3.63) is 52.7 Å². The quantitative estimate of drug-likeness (QED) is 0.419. The second-order valence-corrected chi connectivity index (χ2v) is 8.01. The van der Waals surface area contributed by atoms with Gasteiger partial charge in [0.2, 0.25) is 0 Å². The molecule has 2 aliphatic heterocycles. The lowest BCUT2D eigenvalue weighted by molar-refractivity contribution is -0.0720. The van der Waals surface area contributed by atoms with Gasteiger partial charge in [-0.25, -0.2) is 4.39 Å². The molecular weight excluding hydrogens is 439 g/mol. The van der Waals surface area contributed by atoms with E-state index in [-0.39, 0.29) is 28.5 Å². The molecule has 3 aromatic rings. The molecule has 1 aromatic carbocycles. The molecule has 1 saturated heterocycles. The summed E-state index contributed by atoms with van der Waals surface area (Å²) in [6.45, 7) is 1.59. The lowest BCUT2D eigenvalue weighted by atomic mass is 10.0. The van der Waals surface area contributed by atoms with Gasteiger partial charge in [0, 0.05) is 49.5 Å². The van der Waals surface area contributed by atoms with E-state index in [1.165, 1.54) is 0 Å². The number of fused-ring (bicyclic) bond motifs is 1. The molecule has 166 valence electrons. The fraction of sp³-hybridized carbons (Fsp3) is 0.273. The van der Waals surface area contributed by atoms with Crippen molar-refractivity contribution in [1.82, 2.24) is 15.3 Å². The highest BCUT2D eigenvalue weighted by molar-refractivity contribution is 6.32. The summed E-state index contributed by atoms with van der Waals surface area (Å²) in [5.74, 6) is -0.721. The second-order valence-electron chi connectivity index (χ2n) is 7.61. The van der Waals surface area contributed by atoms with Gasteiger partial charge in [0.05, 0.1) is 40.0 Å². The third-order valence-corrected chi connectivity index (χ3v) is 5.81. The van der Waals surface area contributed by atoms with Crippen molar-refractivity contribution >= 4 is 28.9 Å². The van der Waals surface area contributed by atoms with Crippen LogP contribution in [0.2, 0.25) is 5.02 Å². The van der Waals surface area contributed by atoms with Crippen molar-refractivity contribution in [3.8, 4) is 22.8 Å². The number of amides is 1. The van der Waals surface area contributed by atoms with Crippen LogP contribution in [0.3, 0.4) is 0 Å². The lowest BCUT2D eigenvalue weighted by Gasteiger charge is -2.26. The Kier molecular flexibility index (Phi) is 5.36. The van der Waals surface area contributed by atoms with Gasteiger partial charge < -0.3 is 30.2 Å². The number of aromatic nitrogens is 2. The van der Waals surface area contributed by atoms with Crippen LogP contribution in [0.5, 0.6) is 11.5 Å². The number of phenolic OH excluding ortho intramolecular Hbond substituents is 1. The van der Waals surface area contributed by atoms with Crippen LogP contribution in [0.15, 0.2) is 30.6 Å². The minimum absolute atomic E-state index is 0.0367. The Labute approximate surface area is 187 Å². The van der Waals surface area contributed by atoms with Gasteiger partial charge in [-0.2, -0.15) is 0 Å². The summed E-state index contributed by atoms with van der Waals surface area (Å²) in [5.41, 5.74) is 2.74. The maximum atomic E-state index is 14.0. The largest absolute Gasteiger partial charge is 0.504 e. The highest BCUT2D eigenvalue weighted by Gasteiger charge is 2.29. The van der Waals surface area contributed by atoms with E-state index in [4.69, 9.17) is 21.1 Å². The van der Waals surface area contributed by atoms with Crippen LogP contribution in [-0.4, -0.2) is 46.8 Å². The summed E-state index contributed by atoms with van der Waals surface area (Å²) in [7, 11) is 0. The molecule has 1 amide bonds. The monoisotopic (exact) mass is 458 g/mol. The number of rotatable bonds is 6. The second kappa shape index (κ2) is 8.33. The van der Waals surface area contributed by atoms with Gasteiger partial charge in [-0.1, -0.05) is 11.6 Å². The van der Waals surface area contributed by atoms with E-state index in [1.54, 1.807) is 18.5 Å². The van der Waals surface area contributed by atoms with Crippen molar-refractivity contribution in [2.75, 3.05) is 25.1 Å². The minimum atomic E-state index is -0.626. The van der Waals surface area contributed by atoms with Crippen LogP contribution in [0.4, 0.5) is 15.8 Å². The summed E-state index contributed by atoms with van der Waals surface area (Å²) in [6, 6.07) is 3.89. The molecule has 0 saturated carbocycles. The average molecular weight is 459 g/mol. The first-order chi connectivity index (χ1) is 15.5. The molecule has 0 aliphatic carbocycles. The lowest BCUT2D eigenvalue weighted by Crippen LogP contribution is -2.32. The number of hydrogen-bond donors (Lipinski definition) is 4. The number of phenols is 1. The number of carbonyl (C=O) groups excluding carboxylic acids is 1. The van der Waals surface area contributed by atoms with Crippen LogP contribution in [0, 0.1) is 5.82 Å². The number of ether oxygens (including phenoxy) is 2. The molecule has 4 N–H and O–H groups in total. The van der Waals surface area contributed by atoms with E-state index in [1.807, 2.05) is 0 Å². The third-order valence-electron chi connectivity index (χ3n) is 5.53. The first-order valence-corrected chi connectivity index (χ1v) is 10.6. The molecule has 2 aromatic heterocycles. The zero-order valence-electron chi connectivity index (χ0n) is 16.9. The number of anilines is 2. The van der Waals surface area contributed by atoms with Crippen LogP contribution in [0.25, 0.3) is 11.3 Å². The van der Waals surface area contributed by atoms with Gasteiger partial charge >= 0.3 is 0 Å². The van der Waals surface area contributed by atoms with Crippen LogP contribution in [-0.2, 0) is 11.2 Å². The normalized spacial score (nSPS) is 17.3. The number of aromatic hydroxyl groups is 1. The molecule has 0 bridgehead atoms. The molecule has 4 heterocycles. The van der Waals surface area contributed by atoms with E-state index in [9.17, 15) is 14.3 Å². The van der Waals surface area contributed by atoms with Crippen LogP contribution >= 0.6 is 11.6 Å². The van der Waals surface area contributed by atoms with Gasteiger partial charge in [0.1, 0.15) is 18.2 Å². The van der Waals surface area contributed by atoms with E-state index in [0.29, 0.717) is 47.8 Å². The molecule has 32 heavy (non-hydrogen) atoms. The Hall–Kier alpha value is -3.30. The zero-order chi connectivity index (χ0) is 22.2. The van der Waals surface area contributed by atoms with Crippen LogP contribution in [0.1, 0.15) is 22.5 Å². The first-order valence-electron chi connectivity index (χ1n) is 10.2. The van der Waals surface area contributed by atoms with Crippen molar-refractivity contribution in [3.63, 3.8) is 0 Å². The number of H-pyrrole nitrogens is 1. The first kappa shape index (κ1) is 20.6. The van der Waals surface area contributed by atoms with E-state index >= 15 is 0 Å². The SMILES string of the molecule is O=C1NCCc2[nH]c(-c3ccncc3OCC3CCO3)c(Nc3cc(F)cc(Cl)c3O)c21. The number of aromatic amines is 1. The summed E-state index contributed by atoms with van der Waals surface area (Å²) in [6.07, 6.45) is 4.76. The number of carbonyl (C=O) groups is 1. The third kappa shape index (κ3) is 3.74. The van der Waals surface area contributed by atoms with Gasteiger partial charge in [-0.05, 0) is 12.1 Å². The number of hydrogen-bond acceptors (Lipinski definition) is 6. The van der Waals surface area contributed by atoms with Gasteiger partial charge in [0.15, 0.2) is 5.75 Å². The smallest absolute Gasteiger partial charge is 0.255 e. The Morgan fingerprint density at radius 3 is 3.03 bits per heavy atom. The standard InChI is InChI=1S/C22H20ClFN4O4/c23-14-7-11(24)8-16(21(14)29)28-20-18-15(2-5-26-22(18)30)27-19(20)13-1-4-25-9-17(13)32-10-12-3-6-31-12/h1,4,7-9,12,27-29H,2-3,5-6,10H2,(H,26,30). The zero-order valence-corrected chi connectivity index (χ0v) is 17.6. The Morgan fingerprint density at radius 1 is 1.41 bits per heavy atom. The maximum Gasteiger partial charge on any atom is 0.255 e. The molecule has 1 atom stereocenters. The topological polar surface area (TPSA) is 109 Å². The minimum Gasteiger partial charge on any atom is -0.504 e. The van der Waals surface area contributed by atoms with Crippen molar-refractivity contribution in [2.24, 2.45) is 0 Å². The van der Waals surface area contributed by atoms with Crippen molar-refractivity contribution in [2.45, 2.75) is 18.9 Å². The molecule has 2 aliphatic rings. The fourth-order valence-corrected chi connectivity index (χ4v) is 4.01. The summed E-state index contributed by atoms with van der Waals surface area (Å²) >= 11 is 5.95. The Bertz CT molecular complexity index is 1190. The molecule has 5 rings (SSSR count). The van der Waals surface area contributed by atoms with Crippen molar-refractivity contribution < 1.29 is 23.8 Å². The number of pyridine rings is 1. The summed E-state index contributed by atoms with van der Waals surface area (Å²) < 4.78 is 25.4. The van der Waals surface area contributed by atoms with E-state index in [0.717, 1.165) is 30.9 Å². The summed E-state index contributed by atoms with van der Waals surface area (Å²) in [5, 5.41) is 16.0. The number of nitrogens with one attached hydrogen (secondary N) is 3. The molecule has 10 heteroatoms. The van der Waals surface area contributed by atoms with Crippen LogP contribution < -0.4 is 15.4 Å². The predicted molar refractivity (Wildman–Crippen MR) is 116 cm³/mol. The molecule has 1 unspecified atom stereocenters. The van der Waals surface area contributed by atoms with Gasteiger partial charge in [-0.15, -0.1) is 0 Å². The number of benzene rings is 1. The molecule has 0 radical (unpaired) electrons. The molecule has 8 nitrogen and oxygen atoms in total. The average Bonchev–Trinajstić information content (AvgIpc) is 3.10.